The maximum Gasteiger partial charge on any atom is 0.344 e. The third-order valence-electron chi connectivity index (χ3n) is 5.84. The van der Waals surface area contributed by atoms with Gasteiger partial charge in [-0.15, -0.1) is 0 Å². The molecular formula is C28H30N4O4S. The van der Waals surface area contributed by atoms with Crippen molar-refractivity contribution < 1.29 is 19.0 Å². The SMILES string of the molecule is CCOC(=O)COc1ccc2c(c1)C(NNC(=S)Nc1ccccc1CC)=CC(C)(c1cccnc1)O2. The predicted molar refractivity (Wildman–Crippen MR) is 147 cm³/mol. The minimum absolute atomic E-state index is 0.184. The summed E-state index contributed by atoms with van der Waals surface area (Å²) >= 11 is 5.55. The molecule has 0 saturated heterocycles. The molecule has 2 aromatic carbocycles. The minimum atomic E-state index is -0.789. The second-order valence-electron chi connectivity index (χ2n) is 8.48. The molecule has 1 aromatic heterocycles. The number of hydrogen-bond donors (Lipinski definition) is 3. The first kappa shape index (κ1) is 26.0. The summed E-state index contributed by atoms with van der Waals surface area (Å²) in [6.07, 6.45) is 6.33. The van der Waals surface area contributed by atoms with Crippen LogP contribution in [0.2, 0.25) is 0 Å². The second-order valence-corrected chi connectivity index (χ2v) is 8.88. The summed E-state index contributed by atoms with van der Waals surface area (Å²) in [5, 5.41) is 3.66. The molecule has 1 atom stereocenters. The number of nitrogens with zero attached hydrogens (tertiary/aromatic N) is 1. The van der Waals surface area contributed by atoms with E-state index in [4.69, 9.17) is 26.4 Å². The van der Waals surface area contributed by atoms with Crippen LogP contribution in [-0.2, 0) is 21.6 Å². The van der Waals surface area contributed by atoms with Gasteiger partial charge in [-0.25, -0.2) is 4.79 Å². The van der Waals surface area contributed by atoms with Crippen LogP contribution in [0.25, 0.3) is 5.70 Å². The molecule has 3 N–H and O–H groups in total. The maximum atomic E-state index is 11.8. The van der Waals surface area contributed by atoms with E-state index in [0.717, 1.165) is 34.5 Å². The van der Waals surface area contributed by atoms with E-state index in [1.54, 1.807) is 31.5 Å². The zero-order valence-corrected chi connectivity index (χ0v) is 21.9. The quantitative estimate of drug-likeness (QED) is 0.211. The number of pyridine rings is 1. The Morgan fingerprint density at radius 2 is 1.97 bits per heavy atom. The molecule has 1 aliphatic rings. The van der Waals surface area contributed by atoms with Crippen molar-refractivity contribution >= 4 is 34.7 Å². The topological polar surface area (TPSA) is 93.7 Å². The molecule has 0 radical (unpaired) electrons. The monoisotopic (exact) mass is 518 g/mol. The van der Waals surface area contributed by atoms with Crippen molar-refractivity contribution in [2.45, 2.75) is 32.8 Å². The van der Waals surface area contributed by atoms with Gasteiger partial charge in [-0.3, -0.25) is 15.8 Å². The van der Waals surface area contributed by atoms with Crippen LogP contribution in [0, 0.1) is 0 Å². The second kappa shape index (κ2) is 11.7. The van der Waals surface area contributed by atoms with E-state index in [0.29, 0.717) is 23.2 Å². The van der Waals surface area contributed by atoms with Gasteiger partial charge in [0.05, 0.1) is 12.3 Å². The van der Waals surface area contributed by atoms with Gasteiger partial charge < -0.3 is 19.5 Å². The number of ether oxygens (including phenoxy) is 3. The fraction of sp³-hybridized carbons (Fsp3) is 0.250. The molecule has 0 amide bonds. The summed E-state index contributed by atoms with van der Waals surface area (Å²) in [7, 11) is 0. The molecule has 4 rings (SSSR count). The van der Waals surface area contributed by atoms with Crippen molar-refractivity contribution in [2.75, 3.05) is 18.5 Å². The number of aryl methyl sites for hydroxylation is 1. The normalized spacial score (nSPS) is 15.9. The first-order valence-electron chi connectivity index (χ1n) is 12.1. The Balaban J connectivity index is 1.58. The number of rotatable bonds is 9. The van der Waals surface area contributed by atoms with E-state index >= 15 is 0 Å². The van der Waals surface area contributed by atoms with Gasteiger partial charge >= 0.3 is 5.97 Å². The number of hydrogen-bond acceptors (Lipinski definition) is 7. The number of esters is 1. The predicted octanol–water partition coefficient (Wildman–Crippen LogP) is 4.73. The fourth-order valence-corrected chi connectivity index (χ4v) is 4.15. The summed E-state index contributed by atoms with van der Waals surface area (Å²) in [6, 6.07) is 17.2. The largest absolute Gasteiger partial charge is 0.482 e. The molecule has 0 aliphatic carbocycles. The number of carbonyl (C=O) groups excluding carboxylic acids is 1. The van der Waals surface area contributed by atoms with Gasteiger partial charge in [-0.2, -0.15) is 0 Å². The molecule has 0 bridgehead atoms. The van der Waals surface area contributed by atoms with Gasteiger partial charge in [0.2, 0.25) is 0 Å². The lowest BCUT2D eigenvalue weighted by Crippen LogP contribution is -2.41. The number of benzene rings is 2. The highest BCUT2D eigenvalue weighted by molar-refractivity contribution is 7.80. The van der Waals surface area contributed by atoms with Crippen LogP contribution in [-0.4, -0.2) is 29.3 Å². The van der Waals surface area contributed by atoms with E-state index in [9.17, 15) is 4.79 Å². The molecule has 8 nitrogen and oxygen atoms in total. The van der Waals surface area contributed by atoms with E-state index in [2.05, 4.69) is 34.1 Å². The molecule has 37 heavy (non-hydrogen) atoms. The Labute approximate surface area is 222 Å². The van der Waals surface area contributed by atoms with Crippen LogP contribution in [0.5, 0.6) is 11.5 Å². The molecule has 9 heteroatoms. The van der Waals surface area contributed by atoms with Crippen molar-refractivity contribution in [3.8, 4) is 11.5 Å². The minimum Gasteiger partial charge on any atom is -0.482 e. The van der Waals surface area contributed by atoms with Crippen LogP contribution in [0.15, 0.2) is 73.1 Å². The van der Waals surface area contributed by atoms with Gasteiger partial charge in [-0.05, 0) is 74.5 Å². The van der Waals surface area contributed by atoms with Crippen molar-refractivity contribution in [1.82, 2.24) is 15.8 Å². The van der Waals surface area contributed by atoms with Crippen LogP contribution in [0.1, 0.15) is 37.5 Å². The number of thiocarbonyl (C=S) groups is 1. The highest BCUT2D eigenvalue weighted by atomic mass is 32.1. The summed E-state index contributed by atoms with van der Waals surface area (Å²) in [5.41, 5.74) is 9.99. The standard InChI is InChI=1S/C28H30N4O4S/c1-4-19-9-6-7-11-23(19)30-27(37)32-31-24-16-28(3,20-10-8-14-29-17-20)36-25-13-12-21(15-22(24)25)35-18-26(33)34-5-2/h6-17,31H,4-5,18H2,1-3H3,(H2,30,32,37). The first-order chi connectivity index (χ1) is 17.9. The van der Waals surface area contributed by atoms with Crippen molar-refractivity contribution in [2.24, 2.45) is 0 Å². The summed E-state index contributed by atoms with van der Waals surface area (Å²) in [4.78, 5) is 16.0. The van der Waals surface area contributed by atoms with E-state index in [1.165, 1.54) is 0 Å². The third kappa shape index (κ3) is 6.37. The lowest BCUT2D eigenvalue weighted by molar-refractivity contribution is -0.145. The molecule has 0 spiro atoms. The molecule has 1 aliphatic heterocycles. The first-order valence-corrected chi connectivity index (χ1v) is 12.5. The fourth-order valence-electron chi connectivity index (χ4n) is 3.98. The number of hydrazine groups is 1. The zero-order chi connectivity index (χ0) is 26.3. The van der Waals surface area contributed by atoms with Crippen molar-refractivity contribution in [1.29, 1.82) is 0 Å². The lowest BCUT2D eigenvalue weighted by Gasteiger charge is -2.34. The highest BCUT2D eigenvalue weighted by Gasteiger charge is 2.33. The molecular weight excluding hydrogens is 488 g/mol. The Hall–Kier alpha value is -4.11. The Morgan fingerprint density at radius 3 is 2.73 bits per heavy atom. The van der Waals surface area contributed by atoms with Crippen LogP contribution in [0.4, 0.5) is 5.69 Å². The number of para-hydroxylation sites is 1. The summed E-state index contributed by atoms with van der Waals surface area (Å²) in [5.74, 6) is 0.711. The number of fused-ring (bicyclic) bond motifs is 1. The van der Waals surface area contributed by atoms with Crippen LogP contribution >= 0.6 is 12.2 Å². The van der Waals surface area contributed by atoms with Gasteiger partial charge in [0.25, 0.3) is 0 Å². The van der Waals surface area contributed by atoms with E-state index in [1.807, 2.05) is 49.4 Å². The van der Waals surface area contributed by atoms with Crippen molar-refractivity contribution in [3.63, 3.8) is 0 Å². The maximum absolute atomic E-state index is 11.8. The molecule has 3 aromatic rings. The van der Waals surface area contributed by atoms with Crippen molar-refractivity contribution in [3.05, 3.63) is 89.8 Å². The van der Waals surface area contributed by atoms with Gasteiger partial charge in [0.15, 0.2) is 17.3 Å². The molecule has 0 fully saturated rings. The number of aromatic nitrogens is 1. The van der Waals surface area contributed by atoms with Crippen LogP contribution in [0.3, 0.4) is 0 Å². The van der Waals surface area contributed by atoms with Gasteiger partial charge in [-0.1, -0.05) is 31.2 Å². The Morgan fingerprint density at radius 1 is 1.14 bits per heavy atom. The Bertz CT molecular complexity index is 1300. The average Bonchev–Trinajstić information content (AvgIpc) is 2.91. The molecule has 0 saturated carbocycles. The molecule has 1 unspecified atom stereocenters. The number of nitrogens with one attached hydrogen (secondary N) is 3. The zero-order valence-electron chi connectivity index (χ0n) is 21.0. The number of carbonyl (C=O) groups is 1. The summed E-state index contributed by atoms with van der Waals surface area (Å²) < 4.78 is 17.0. The highest BCUT2D eigenvalue weighted by Crippen LogP contribution is 2.41. The molecule has 192 valence electrons. The average molecular weight is 519 g/mol. The molecule has 2 heterocycles. The summed E-state index contributed by atoms with van der Waals surface area (Å²) in [6.45, 7) is 5.93. The lowest BCUT2D eigenvalue weighted by atomic mass is 9.91. The van der Waals surface area contributed by atoms with Crippen LogP contribution < -0.4 is 25.6 Å². The third-order valence-corrected chi connectivity index (χ3v) is 6.04. The number of anilines is 1. The van der Waals surface area contributed by atoms with E-state index in [-0.39, 0.29) is 6.61 Å². The van der Waals surface area contributed by atoms with Gasteiger partial charge in [0.1, 0.15) is 11.5 Å². The van der Waals surface area contributed by atoms with Gasteiger partial charge in [0, 0.05) is 29.2 Å². The smallest absolute Gasteiger partial charge is 0.344 e. The van der Waals surface area contributed by atoms with E-state index < -0.39 is 11.6 Å². The Kier molecular flexibility index (Phi) is 8.25.